The van der Waals surface area contributed by atoms with Crippen LogP contribution in [-0.4, -0.2) is 15.7 Å². The van der Waals surface area contributed by atoms with Gasteiger partial charge in [-0.1, -0.05) is 54.1 Å². The molecule has 1 heterocycles. The highest BCUT2D eigenvalue weighted by Crippen LogP contribution is 2.15. The number of amides is 1. The monoisotopic (exact) mass is 367 g/mol. The molecule has 0 aliphatic carbocycles. The Bertz CT molecular complexity index is 953. The fraction of sp³-hybridized carbons (Fsp3) is 0.150. The van der Waals surface area contributed by atoms with Gasteiger partial charge in [0.1, 0.15) is 6.04 Å². The number of hydrogen-bond donors (Lipinski definition) is 1. The van der Waals surface area contributed by atoms with Crippen molar-refractivity contribution in [3.63, 3.8) is 0 Å². The largest absolute Gasteiger partial charge is 0.350 e. The summed E-state index contributed by atoms with van der Waals surface area (Å²) in [6.45, 7) is 2.01. The third-order valence-corrected chi connectivity index (χ3v) is 4.27. The number of hydrogen-bond acceptors (Lipinski definition) is 3. The topological polar surface area (TPSA) is 64.0 Å². The van der Waals surface area contributed by atoms with Crippen LogP contribution in [0.1, 0.15) is 18.5 Å². The normalized spacial score (nSPS) is 11.8. The molecule has 3 rings (SSSR count). The van der Waals surface area contributed by atoms with Gasteiger partial charge in [-0.05, 0) is 30.7 Å². The molecule has 0 aliphatic rings. The van der Waals surface area contributed by atoms with Crippen LogP contribution in [0.2, 0.25) is 5.02 Å². The van der Waals surface area contributed by atoms with Crippen LogP contribution in [0.5, 0.6) is 0 Å². The zero-order chi connectivity index (χ0) is 18.5. The first kappa shape index (κ1) is 17.9. The number of nitrogens with zero attached hydrogens (tertiary/aromatic N) is 2. The quantitative estimate of drug-likeness (QED) is 0.751. The van der Waals surface area contributed by atoms with Crippen LogP contribution < -0.4 is 10.9 Å². The van der Waals surface area contributed by atoms with Crippen LogP contribution >= 0.6 is 11.6 Å². The van der Waals surface area contributed by atoms with Crippen LogP contribution in [0, 0.1) is 0 Å². The summed E-state index contributed by atoms with van der Waals surface area (Å²) in [7, 11) is 0. The molecule has 0 radical (unpaired) electrons. The molecule has 1 amide bonds. The molecule has 132 valence electrons. The Morgan fingerprint density at radius 3 is 2.46 bits per heavy atom. The van der Waals surface area contributed by atoms with Gasteiger partial charge in [0.2, 0.25) is 5.91 Å². The van der Waals surface area contributed by atoms with Gasteiger partial charge in [0, 0.05) is 23.2 Å². The fourth-order valence-electron chi connectivity index (χ4n) is 2.52. The Morgan fingerprint density at radius 2 is 1.77 bits per heavy atom. The summed E-state index contributed by atoms with van der Waals surface area (Å²) in [4.78, 5) is 24.6. The molecule has 3 aromatic rings. The van der Waals surface area contributed by atoms with Gasteiger partial charge in [-0.3, -0.25) is 9.59 Å². The summed E-state index contributed by atoms with van der Waals surface area (Å²) in [6.07, 6.45) is 0. The summed E-state index contributed by atoms with van der Waals surface area (Å²) in [6, 6.07) is 19.1. The molecule has 1 aromatic heterocycles. The molecule has 1 unspecified atom stereocenters. The van der Waals surface area contributed by atoms with Crippen LogP contribution in [0.25, 0.3) is 11.3 Å². The van der Waals surface area contributed by atoms with E-state index >= 15 is 0 Å². The van der Waals surface area contributed by atoms with Gasteiger partial charge in [-0.25, -0.2) is 4.68 Å². The first-order valence-electron chi connectivity index (χ1n) is 8.22. The Morgan fingerprint density at radius 1 is 1.08 bits per heavy atom. The molecule has 1 atom stereocenters. The molecule has 0 aliphatic heterocycles. The summed E-state index contributed by atoms with van der Waals surface area (Å²) in [5, 5.41) is 7.82. The van der Waals surface area contributed by atoms with Crippen LogP contribution in [-0.2, 0) is 11.3 Å². The first-order valence-corrected chi connectivity index (χ1v) is 8.60. The Hall–Kier alpha value is -2.92. The van der Waals surface area contributed by atoms with E-state index in [0.29, 0.717) is 17.3 Å². The number of carbonyl (C=O) groups excluding carboxylic acids is 1. The number of aromatic nitrogens is 2. The summed E-state index contributed by atoms with van der Waals surface area (Å²) in [5.74, 6) is -0.278. The van der Waals surface area contributed by atoms with Crippen molar-refractivity contribution in [2.24, 2.45) is 0 Å². The van der Waals surface area contributed by atoms with Gasteiger partial charge in [-0.15, -0.1) is 0 Å². The molecule has 1 N–H and O–H groups in total. The van der Waals surface area contributed by atoms with Gasteiger partial charge >= 0.3 is 0 Å². The molecule has 0 saturated carbocycles. The third kappa shape index (κ3) is 4.18. The second-order valence-electron chi connectivity index (χ2n) is 5.89. The predicted molar refractivity (Wildman–Crippen MR) is 102 cm³/mol. The molecule has 0 fully saturated rings. The standard InChI is InChI=1S/C20H18ClN3O2/c1-14(20(26)22-13-15-7-9-17(21)10-8-15)24-19(25)12-11-18(23-24)16-5-3-2-4-6-16/h2-12,14H,13H2,1H3,(H,22,26). The molecule has 0 spiro atoms. The maximum Gasteiger partial charge on any atom is 0.267 e. The number of nitrogens with one attached hydrogen (secondary N) is 1. The third-order valence-electron chi connectivity index (χ3n) is 4.02. The first-order chi connectivity index (χ1) is 12.5. The summed E-state index contributed by atoms with van der Waals surface area (Å²) in [5.41, 5.74) is 2.13. The van der Waals surface area contributed by atoms with Gasteiger partial charge in [0.05, 0.1) is 5.69 Å². The van der Waals surface area contributed by atoms with Crippen molar-refractivity contribution >= 4 is 17.5 Å². The minimum absolute atomic E-state index is 0.278. The van der Waals surface area contributed by atoms with Gasteiger partial charge < -0.3 is 5.32 Å². The maximum atomic E-state index is 12.4. The predicted octanol–water partition coefficient (Wildman–Crippen LogP) is 3.44. The average molecular weight is 368 g/mol. The zero-order valence-electron chi connectivity index (χ0n) is 14.2. The lowest BCUT2D eigenvalue weighted by Crippen LogP contribution is -2.36. The second-order valence-corrected chi connectivity index (χ2v) is 6.32. The molecule has 5 nitrogen and oxygen atoms in total. The van der Waals surface area contributed by atoms with Crippen molar-refractivity contribution in [2.45, 2.75) is 19.5 Å². The van der Waals surface area contributed by atoms with E-state index in [-0.39, 0.29) is 11.5 Å². The van der Waals surface area contributed by atoms with E-state index in [1.165, 1.54) is 10.7 Å². The Labute approximate surface area is 156 Å². The maximum absolute atomic E-state index is 12.4. The molecule has 2 aromatic carbocycles. The Balaban J connectivity index is 1.76. The van der Waals surface area contributed by atoms with E-state index in [1.54, 1.807) is 25.1 Å². The van der Waals surface area contributed by atoms with Crippen molar-refractivity contribution in [2.75, 3.05) is 0 Å². The highest BCUT2D eigenvalue weighted by Gasteiger charge is 2.17. The molecular weight excluding hydrogens is 350 g/mol. The van der Waals surface area contributed by atoms with Gasteiger partial charge in [0.25, 0.3) is 5.56 Å². The van der Waals surface area contributed by atoms with Crippen molar-refractivity contribution in [1.82, 2.24) is 15.1 Å². The summed E-state index contributed by atoms with van der Waals surface area (Å²) < 4.78 is 1.21. The van der Waals surface area contributed by atoms with E-state index in [9.17, 15) is 9.59 Å². The molecule has 0 bridgehead atoms. The van der Waals surface area contributed by atoms with Crippen molar-refractivity contribution in [3.8, 4) is 11.3 Å². The molecule has 26 heavy (non-hydrogen) atoms. The minimum Gasteiger partial charge on any atom is -0.350 e. The lowest BCUT2D eigenvalue weighted by molar-refractivity contribution is -0.124. The van der Waals surface area contributed by atoms with Crippen LogP contribution in [0.3, 0.4) is 0 Å². The molecule has 0 saturated heterocycles. The fourth-order valence-corrected chi connectivity index (χ4v) is 2.64. The van der Waals surface area contributed by atoms with Crippen molar-refractivity contribution < 1.29 is 4.79 Å². The highest BCUT2D eigenvalue weighted by molar-refractivity contribution is 6.30. The highest BCUT2D eigenvalue weighted by atomic mass is 35.5. The van der Waals surface area contributed by atoms with Gasteiger partial charge in [0.15, 0.2) is 0 Å². The van der Waals surface area contributed by atoms with Crippen molar-refractivity contribution in [1.29, 1.82) is 0 Å². The average Bonchev–Trinajstić information content (AvgIpc) is 2.68. The van der Waals surface area contributed by atoms with E-state index in [4.69, 9.17) is 11.6 Å². The smallest absolute Gasteiger partial charge is 0.267 e. The SMILES string of the molecule is CC(C(=O)NCc1ccc(Cl)cc1)n1nc(-c2ccccc2)ccc1=O. The number of halogens is 1. The lowest BCUT2D eigenvalue weighted by atomic mass is 10.1. The van der Waals surface area contributed by atoms with E-state index in [2.05, 4.69) is 10.4 Å². The van der Waals surface area contributed by atoms with E-state index < -0.39 is 6.04 Å². The van der Waals surface area contributed by atoms with E-state index in [1.807, 2.05) is 42.5 Å². The second kappa shape index (κ2) is 7.97. The van der Waals surface area contributed by atoms with E-state index in [0.717, 1.165) is 11.1 Å². The molecule has 6 heteroatoms. The Kier molecular flexibility index (Phi) is 5.49. The minimum atomic E-state index is -0.724. The summed E-state index contributed by atoms with van der Waals surface area (Å²) >= 11 is 5.85. The van der Waals surface area contributed by atoms with Crippen molar-refractivity contribution in [3.05, 3.63) is 87.7 Å². The zero-order valence-corrected chi connectivity index (χ0v) is 15.0. The number of benzene rings is 2. The number of rotatable bonds is 5. The van der Waals surface area contributed by atoms with Gasteiger partial charge in [-0.2, -0.15) is 5.10 Å². The van der Waals surface area contributed by atoms with Crippen LogP contribution in [0.15, 0.2) is 71.5 Å². The molecular formula is C20H18ClN3O2. The van der Waals surface area contributed by atoms with Crippen LogP contribution in [0.4, 0.5) is 0 Å². The lowest BCUT2D eigenvalue weighted by Gasteiger charge is -2.15. The number of carbonyl (C=O) groups is 1.